The van der Waals surface area contributed by atoms with Gasteiger partial charge in [-0.3, -0.25) is 9.48 Å². The molecule has 1 aliphatic heterocycles. The second-order valence-corrected chi connectivity index (χ2v) is 8.63. The maximum atomic E-state index is 15.2. The van der Waals surface area contributed by atoms with Crippen molar-refractivity contribution in [3.8, 4) is 17.1 Å². The number of hydrogen-bond donors (Lipinski definition) is 2. The summed E-state index contributed by atoms with van der Waals surface area (Å²) in [6.07, 6.45) is 1.06. The molecule has 188 valence electrons. The molecule has 4 aromatic rings. The van der Waals surface area contributed by atoms with E-state index in [1.165, 1.54) is 11.0 Å². The van der Waals surface area contributed by atoms with Crippen molar-refractivity contribution in [2.45, 2.75) is 31.2 Å². The number of piperidine rings is 1. The Morgan fingerprint density at radius 2 is 2.08 bits per heavy atom. The first-order valence-corrected chi connectivity index (χ1v) is 11.0. The number of nitrogens with zero attached hydrogens (tertiary/aromatic N) is 5. The number of H-pyrrole nitrogens is 1. The fourth-order valence-electron chi connectivity index (χ4n) is 4.76. The summed E-state index contributed by atoms with van der Waals surface area (Å²) in [5.74, 6) is -0.835. The van der Waals surface area contributed by atoms with Crippen molar-refractivity contribution < 1.29 is 27.1 Å². The Morgan fingerprint density at radius 1 is 1.28 bits per heavy atom. The van der Waals surface area contributed by atoms with E-state index in [1.54, 1.807) is 24.1 Å². The summed E-state index contributed by atoms with van der Waals surface area (Å²) in [7, 11) is 1.77. The van der Waals surface area contributed by atoms with Crippen LogP contribution < -0.4 is 10.5 Å². The molecular weight excluding hydrogens is 482 g/mol. The number of aryl methyl sites for hydroxylation is 1. The van der Waals surface area contributed by atoms with Crippen LogP contribution in [0.2, 0.25) is 0 Å². The van der Waals surface area contributed by atoms with E-state index >= 15 is 4.39 Å². The van der Waals surface area contributed by atoms with E-state index in [0.717, 1.165) is 18.3 Å². The van der Waals surface area contributed by atoms with Crippen molar-refractivity contribution in [2.24, 2.45) is 7.05 Å². The zero-order valence-electron chi connectivity index (χ0n) is 19.0. The maximum Gasteiger partial charge on any atom is 0.573 e. The van der Waals surface area contributed by atoms with Gasteiger partial charge >= 0.3 is 6.36 Å². The van der Waals surface area contributed by atoms with E-state index < -0.39 is 24.0 Å². The number of carbonyl (C=O) groups excluding carboxylic acids is 1. The first-order chi connectivity index (χ1) is 17.1. The lowest BCUT2D eigenvalue weighted by Crippen LogP contribution is -2.36. The predicted molar refractivity (Wildman–Crippen MR) is 121 cm³/mol. The summed E-state index contributed by atoms with van der Waals surface area (Å²) >= 11 is 0. The van der Waals surface area contributed by atoms with Gasteiger partial charge in [0.25, 0.3) is 0 Å². The lowest BCUT2D eigenvalue weighted by atomic mass is 9.82. The van der Waals surface area contributed by atoms with Crippen molar-refractivity contribution in [3.63, 3.8) is 0 Å². The summed E-state index contributed by atoms with van der Waals surface area (Å²) in [5, 5.41) is 4.13. The molecule has 2 atom stereocenters. The van der Waals surface area contributed by atoms with Crippen LogP contribution in [-0.4, -0.2) is 48.9 Å². The predicted octanol–water partition coefficient (Wildman–Crippen LogP) is 4.06. The van der Waals surface area contributed by atoms with Crippen molar-refractivity contribution in [1.82, 2.24) is 29.6 Å². The second-order valence-electron chi connectivity index (χ2n) is 8.63. The molecule has 1 amide bonds. The van der Waals surface area contributed by atoms with E-state index in [-0.39, 0.29) is 11.6 Å². The van der Waals surface area contributed by atoms with E-state index in [4.69, 9.17) is 5.73 Å². The van der Waals surface area contributed by atoms with Gasteiger partial charge in [0.1, 0.15) is 17.4 Å². The molecule has 5 rings (SSSR count). The van der Waals surface area contributed by atoms with E-state index in [2.05, 4.69) is 24.8 Å². The maximum absolute atomic E-state index is 15.2. The topological polar surface area (TPSA) is 115 Å². The standard InChI is InChI=1S/C23H21F4N7O2/c1-33-10-13(8-30-33)21-31-20-19(16(24)9-29-22(20)32-21)12-4-5-34(11-35)18(6-12)15-3-2-14(7-17(15)28)36-23(25,26)27/h2-3,7-12,18H,4-6,28H2,1H3,(H,29,31,32). The van der Waals surface area contributed by atoms with Crippen molar-refractivity contribution in [3.05, 3.63) is 53.7 Å². The number of ether oxygens (including phenoxy) is 1. The Labute approximate surface area is 201 Å². The minimum Gasteiger partial charge on any atom is -0.406 e. The summed E-state index contributed by atoms with van der Waals surface area (Å²) in [4.78, 5) is 25.1. The van der Waals surface area contributed by atoms with E-state index in [0.29, 0.717) is 59.5 Å². The highest BCUT2D eigenvalue weighted by atomic mass is 19.4. The van der Waals surface area contributed by atoms with Gasteiger partial charge in [-0.25, -0.2) is 14.4 Å². The number of carbonyl (C=O) groups is 1. The van der Waals surface area contributed by atoms with Crippen LogP contribution in [0, 0.1) is 5.82 Å². The van der Waals surface area contributed by atoms with Crippen LogP contribution in [0.15, 0.2) is 36.8 Å². The Hall–Kier alpha value is -4.16. The zero-order valence-corrected chi connectivity index (χ0v) is 19.0. The smallest absolute Gasteiger partial charge is 0.406 e. The van der Waals surface area contributed by atoms with Gasteiger partial charge in [0.15, 0.2) is 5.65 Å². The van der Waals surface area contributed by atoms with E-state index in [1.807, 2.05) is 0 Å². The molecule has 0 aliphatic carbocycles. The Morgan fingerprint density at radius 3 is 2.75 bits per heavy atom. The van der Waals surface area contributed by atoms with Crippen molar-refractivity contribution >= 4 is 23.3 Å². The molecule has 0 radical (unpaired) electrons. The van der Waals surface area contributed by atoms with Crippen LogP contribution in [0.3, 0.4) is 0 Å². The molecule has 1 aromatic carbocycles. The number of nitrogens with two attached hydrogens (primary N) is 1. The van der Waals surface area contributed by atoms with Crippen LogP contribution in [0.1, 0.15) is 35.9 Å². The highest BCUT2D eigenvalue weighted by Gasteiger charge is 2.35. The third-order valence-corrected chi connectivity index (χ3v) is 6.33. The lowest BCUT2D eigenvalue weighted by Gasteiger charge is -2.38. The summed E-state index contributed by atoms with van der Waals surface area (Å²) in [5.41, 5.74) is 8.43. The number of likely N-dealkylation sites (tertiary alicyclic amines) is 1. The van der Waals surface area contributed by atoms with Gasteiger partial charge < -0.3 is 20.4 Å². The molecule has 13 heteroatoms. The van der Waals surface area contributed by atoms with Gasteiger partial charge in [-0.2, -0.15) is 5.10 Å². The fraction of sp³-hybridized carbons (Fsp3) is 0.304. The number of aromatic nitrogens is 5. The highest BCUT2D eigenvalue weighted by molar-refractivity contribution is 5.79. The summed E-state index contributed by atoms with van der Waals surface area (Å²) in [6, 6.07) is 3.03. The second kappa shape index (κ2) is 8.81. The zero-order chi connectivity index (χ0) is 25.6. The molecule has 36 heavy (non-hydrogen) atoms. The minimum absolute atomic E-state index is 0.0370. The van der Waals surface area contributed by atoms with Crippen LogP contribution in [0.25, 0.3) is 22.6 Å². The number of alkyl halides is 3. The monoisotopic (exact) mass is 503 g/mol. The molecule has 1 fully saturated rings. The summed E-state index contributed by atoms with van der Waals surface area (Å²) in [6.45, 7) is 0.298. The number of pyridine rings is 1. The number of rotatable bonds is 5. The average Bonchev–Trinajstić information content (AvgIpc) is 3.44. The first-order valence-electron chi connectivity index (χ1n) is 11.0. The number of hydrogen-bond acceptors (Lipinski definition) is 6. The molecular formula is C23H21F4N7O2. The Balaban J connectivity index is 1.50. The SMILES string of the molecule is Cn1cc(-c2nc3ncc(F)c(C4CCN(C=O)C(c5ccc(OC(F)(F)F)cc5N)C4)c3[nH]2)cn1. The number of nitrogen functional groups attached to an aromatic ring is 1. The number of halogens is 4. The number of benzene rings is 1. The number of nitrogens with one attached hydrogen (secondary N) is 1. The number of imidazole rings is 1. The van der Waals surface area contributed by atoms with Gasteiger partial charge in [0.05, 0.1) is 29.5 Å². The summed E-state index contributed by atoms with van der Waals surface area (Å²) < 4.78 is 58.5. The number of fused-ring (bicyclic) bond motifs is 1. The lowest BCUT2D eigenvalue weighted by molar-refractivity contribution is -0.274. The van der Waals surface area contributed by atoms with Gasteiger partial charge in [0, 0.05) is 37.1 Å². The van der Waals surface area contributed by atoms with Gasteiger partial charge in [-0.15, -0.1) is 13.2 Å². The average molecular weight is 503 g/mol. The molecule has 3 N–H and O–H groups in total. The fourth-order valence-corrected chi connectivity index (χ4v) is 4.76. The van der Waals surface area contributed by atoms with Gasteiger partial charge in [-0.1, -0.05) is 6.07 Å². The molecule has 9 nitrogen and oxygen atoms in total. The molecule has 4 heterocycles. The largest absolute Gasteiger partial charge is 0.573 e. The third-order valence-electron chi connectivity index (χ3n) is 6.33. The van der Waals surface area contributed by atoms with Gasteiger partial charge in [-0.05, 0) is 30.4 Å². The Kier molecular flexibility index (Phi) is 5.77. The highest BCUT2D eigenvalue weighted by Crippen LogP contribution is 2.43. The van der Waals surface area contributed by atoms with Gasteiger partial charge in [0.2, 0.25) is 6.41 Å². The number of aromatic amines is 1. The molecule has 0 spiro atoms. The Bertz CT molecular complexity index is 1430. The van der Waals surface area contributed by atoms with Crippen LogP contribution in [0.5, 0.6) is 5.75 Å². The molecule has 0 saturated carbocycles. The first kappa shape index (κ1) is 23.6. The molecule has 1 aliphatic rings. The quantitative estimate of drug-likeness (QED) is 0.241. The van der Waals surface area contributed by atoms with Crippen molar-refractivity contribution in [2.75, 3.05) is 12.3 Å². The molecule has 0 bridgehead atoms. The van der Waals surface area contributed by atoms with E-state index in [9.17, 15) is 18.0 Å². The molecule has 2 unspecified atom stereocenters. The number of amides is 1. The molecule has 1 saturated heterocycles. The number of anilines is 1. The van der Waals surface area contributed by atoms with Crippen LogP contribution in [0.4, 0.5) is 23.2 Å². The normalized spacial score (nSPS) is 18.5. The van der Waals surface area contributed by atoms with Crippen LogP contribution >= 0.6 is 0 Å². The van der Waals surface area contributed by atoms with Crippen LogP contribution in [-0.2, 0) is 11.8 Å². The minimum atomic E-state index is -4.86. The van der Waals surface area contributed by atoms with Crippen molar-refractivity contribution in [1.29, 1.82) is 0 Å². The third kappa shape index (κ3) is 4.43. The molecule has 3 aromatic heterocycles.